The number of hydrogen-bond acceptors (Lipinski definition) is 4. The van der Waals surface area contributed by atoms with Crippen LogP contribution in [0.15, 0.2) is 11.3 Å². The highest BCUT2D eigenvalue weighted by Gasteiger charge is 2.13. The molecule has 0 radical (unpaired) electrons. The number of aliphatic hydroxyl groups excluding tert-OH is 1. The second kappa shape index (κ2) is 5.19. The Balaban J connectivity index is 4.54. The molecule has 4 nitrogen and oxygen atoms in total. The maximum absolute atomic E-state index is 10.8. The van der Waals surface area contributed by atoms with Gasteiger partial charge in [-0.2, -0.15) is 5.26 Å². The van der Waals surface area contributed by atoms with E-state index in [1.165, 1.54) is 0 Å². The van der Waals surface area contributed by atoms with Crippen molar-refractivity contribution in [3.63, 3.8) is 0 Å². The molecule has 0 saturated carbocycles. The zero-order valence-electron chi connectivity index (χ0n) is 7.13. The molecule has 0 spiro atoms. The normalized spacial score (nSPS) is 11.4. The van der Waals surface area contributed by atoms with E-state index in [4.69, 9.17) is 10.4 Å². The number of allylic oxidation sites excluding steroid dienone is 1. The highest BCUT2D eigenvalue weighted by Crippen LogP contribution is 2.06. The molecule has 0 unspecified atom stereocenters. The van der Waals surface area contributed by atoms with Crippen LogP contribution >= 0.6 is 0 Å². The van der Waals surface area contributed by atoms with Crippen molar-refractivity contribution in [2.24, 2.45) is 0 Å². The molecule has 0 saturated heterocycles. The van der Waals surface area contributed by atoms with Gasteiger partial charge in [-0.1, -0.05) is 6.92 Å². The molecule has 0 bridgehead atoms. The molecule has 4 heteroatoms. The average Bonchev–Trinajstić information content (AvgIpc) is 2.07. The van der Waals surface area contributed by atoms with E-state index in [9.17, 15) is 4.79 Å². The molecule has 0 aliphatic rings. The summed E-state index contributed by atoms with van der Waals surface area (Å²) in [5.74, 6) is -1.42. The molecule has 1 N–H and O–H groups in total. The molecular formula is C8H11NO3. The first-order chi connectivity index (χ1) is 5.67. The van der Waals surface area contributed by atoms with Crippen LogP contribution in [-0.2, 0) is 9.53 Å². The average molecular weight is 169 g/mol. The van der Waals surface area contributed by atoms with Gasteiger partial charge >= 0.3 is 5.97 Å². The minimum atomic E-state index is -0.837. The zero-order valence-corrected chi connectivity index (χ0v) is 7.13. The SMILES string of the molecule is CCOC(=O)/C(O)=C(\C#N)CC. The Morgan fingerprint density at radius 3 is 2.50 bits per heavy atom. The fourth-order valence-corrected chi connectivity index (χ4v) is 0.622. The number of rotatable bonds is 3. The molecule has 0 fully saturated rings. The van der Waals surface area contributed by atoms with E-state index < -0.39 is 11.7 Å². The van der Waals surface area contributed by atoms with E-state index in [0.717, 1.165) is 0 Å². The maximum atomic E-state index is 10.8. The van der Waals surface area contributed by atoms with E-state index in [0.29, 0.717) is 6.42 Å². The number of aliphatic hydroxyl groups is 1. The topological polar surface area (TPSA) is 70.3 Å². The number of ether oxygens (including phenoxy) is 1. The van der Waals surface area contributed by atoms with Crippen LogP contribution in [0.2, 0.25) is 0 Å². The van der Waals surface area contributed by atoms with Crippen LogP contribution in [0.1, 0.15) is 20.3 Å². The van der Waals surface area contributed by atoms with Gasteiger partial charge < -0.3 is 9.84 Å². The molecule has 0 heterocycles. The number of carbonyl (C=O) groups is 1. The summed E-state index contributed by atoms with van der Waals surface area (Å²) >= 11 is 0. The molecule has 0 rings (SSSR count). The smallest absolute Gasteiger partial charge is 0.374 e. The number of nitriles is 1. The second-order valence-corrected chi connectivity index (χ2v) is 2.01. The van der Waals surface area contributed by atoms with Crippen LogP contribution < -0.4 is 0 Å². The van der Waals surface area contributed by atoms with Gasteiger partial charge in [0.1, 0.15) is 0 Å². The predicted molar refractivity (Wildman–Crippen MR) is 42.2 cm³/mol. The summed E-state index contributed by atoms with van der Waals surface area (Å²) in [6.45, 7) is 3.49. The molecule has 0 amide bonds. The van der Waals surface area contributed by atoms with Gasteiger partial charge in [-0.3, -0.25) is 0 Å². The van der Waals surface area contributed by atoms with Crippen LogP contribution in [0.25, 0.3) is 0 Å². The van der Waals surface area contributed by atoms with Crippen LogP contribution in [0, 0.1) is 11.3 Å². The van der Waals surface area contributed by atoms with E-state index in [1.807, 2.05) is 0 Å². The van der Waals surface area contributed by atoms with Crippen molar-refractivity contribution >= 4 is 5.97 Å². The molecule has 0 aromatic carbocycles. The summed E-state index contributed by atoms with van der Waals surface area (Å²) in [4.78, 5) is 10.8. The molecule has 0 aliphatic heterocycles. The standard InChI is InChI=1S/C8H11NO3/c1-3-6(5-9)7(10)8(11)12-4-2/h10H,3-4H2,1-2H3/b7-6+. The van der Waals surface area contributed by atoms with Crippen molar-refractivity contribution < 1.29 is 14.6 Å². The Kier molecular flexibility index (Phi) is 4.54. The quantitative estimate of drug-likeness (QED) is 0.299. The first-order valence-electron chi connectivity index (χ1n) is 3.66. The van der Waals surface area contributed by atoms with Crippen molar-refractivity contribution in [3.8, 4) is 6.07 Å². The maximum Gasteiger partial charge on any atom is 0.374 e. The van der Waals surface area contributed by atoms with E-state index in [1.54, 1.807) is 19.9 Å². The monoisotopic (exact) mass is 169 g/mol. The van der Waals surface area contributed by atoms with Gasteiger partial charge in [-0.05, 0) is 13.3 Å². The highest BCUT2D eigenvalue weighted by atomic mass is 16.5. The zero-order chi connectivity index (χ0) is 9.56. The Hall–Kier alpha value is -1.50. The van der Waals surface area contributed by atoms with Crippen molar-refractivity contribution in [2.75, 3.05) is 6.61 Å². The Morgan fingerprint density at radius 1 is 1.58 bits per heavy atom. The van der Waals surface area contributed by atoms with Crippen molar-refractivity contribution in [3.05, 3.63) is 11.3 Å². The van der Waals surface area contributed by atoms with Crippen LogP contribution in [0.3, 0.4) is 0 Å². The van der Waals surface area contributed by atoms with Crippen LogP contribution in [0.5, 0.6) is 0 Å². The summed E-state index contributed by atoms with van der Waals surface area (Å²) in [7, 11) is 0. The predicted octanol–water partition coefficient (Wildman–Crippen LogP) is 1.30. The lowest BCUT2D eigenvalue weighted by Gasteiger charge is -2.01. The second-order valence-electron chi connectivity index (χ2n) is 2.01. The number of esters is 1. The summed E-state index contributed by atoms with van der Waals surface area (Å²) in [6.07, 6.45) is 0.321. The highest BCUT2D eigenvalue weighted by molar-refractivity contribution is 5.87. The largest absolute Gasteiger partial charge is 0.501 e. The lowest BCUT2D eigenvalue weighted by molar-refractivity contribution is -0.141. The van der Waals surface area contributed by atoms with Crippen LogP contribution in [0.4, 0.5) is 0 Å². The molecule has 66 valence electrons. The lowest BCUT2D eigenvalue weighted by Crippen LogP contribution is -2.09. The van der Waals surface area contributed by atoms with Gasteiger partial charge in [0, 0.05) is 0 Å². The molecule has 0 atom stereocenters. The van der Waals surface area contributed by atoms with Gasteiger partial charge in [0.2, 0.25) is 5.76 Å². The summed E-state index contributed by atoms with van der Waals surface area (Å²) in [5.41, 5.74) is 0.0495. The molecular weight excluding hydrogens is 158 g/mol. The fraction of sp³-hybridized carbons (Fsp3) is 0.500. The Morgan fingerprint density at radius 2 is 2.17 bits per heavy atom. The summed E-state index contributed by atoms with van der Waals surface area (Å²) in [5, 5.41) is 17.5. The first-order valence-corrected chi connectivity index (χ1v) is 3.66. The number of nitrogens with zero attached hydrogens (tertiary/aromatic N) is 1. The van der Waals surface area contributed by atoms with Gasteiger partial charge in [0.15, 0.2) is 0 Å². The van der Waals surface area contributed by atoms with Crippen LogP contribution in [-0.4, -0.2) is 17.7 Å². The van der Waals surface area contributed by atoms with Gasteiger partial charge in [-0.25, -0.2) is 4.79 Å². The van der Waals surface area contributed by atoms with E-state index in [2.05, 4.69) is 4.74 Å². The lowest BCUT2D eigenvalue weighted by atomic mass is 10.2. The van der Waals surface area contributed by atoms with Gasteiger partial charge in [0.05, 0.1) is 18.2 Å². The number of carbonyl (C=O) groups excluding carboxylic acids is 1. The van der Waals surface area contributed by atoms with Crippen molar-refractivity contribution in [2.45, 2.75) is 20.3 Å². The Labute approximate surface area is 71.1 Å². The third-order valence-corrected chi connectivity index (χ3v) is 1.24. The minimum absolute atomic E-state index is 0.0495. The van der Waals surface area contributed by atoms with Crippen molar-refractivity contribution in [1.29, 1.82) is 5.26 Å². The summed E-state index contributed by atoms with van der Waals surface area (Å²) < 4.78 is 4.49. The third-order valence-electron chi connectivity index (χ3n) is 1.24. The Bertz CT molecular complexity index is 237. The summed E-state index contributed by atoms with van der Waals surface area (Å²) in [6, 6.07) is 1.72. The molecule has 0 aromatic heterocycles. The van der Waals surface area contributed by atoms with Gasteiger partial charge in [0.25, 0.3) is 0 Å². The number of hydrogen-bond donors (Lipinski definition) is 1. The first kappa shape index (κ1) is 10.5. The minimum Gasteiger partial charge on any atom is -0.501 e. The molecule has 0 aromatic rings. The van der Waals surface area contributed by atoms with E-state index >= 15 is 0 Å². The third kappa shape index (κ3) is 2.62. The fourth-order valence-electron chi connectivity index (χ4n) is 0.622. The van der Waals surface area contributed by atoms with Crippen molar-refractivity contribution in [1.82, 2.24) is 0 Å². The van der Waals surface area contributed by atoms with Gasteiger partial charge in [-0.15, -0.1) is 0 Å². The molecule has 0 aliphatic carbocycles. The molecule has 12 heavy (non-hydrogen) atoms. The van der Waals surface area contributed by atoms with E-state index in [-0.39, 0.29) is 12.2 Å².